The van der Waals surface area contributed by atoms with Crippen LogP contribution in [0.4, 0.5) is 8.78 Å². The van der Waals surface area contributed by atoms with E-state index in [1.54, 1.807) is 19.0 Å². The summed E-state index contributed by atoms with van der Waals surface area (Å²) in [5.41, 5.74) is 0. The molecule has 0 radical (unpaired) electrons. The molecule has 1 nitrogen and oxygen atoms in total. The fourth-order valence-electron chi connectivity index (χ4n) is 0.759. The number of hydrogen-bond acceptors (Lipinski definition) is 1. The van der Waals surface area contributed by atoms with Gasteiger partial charge in [0.15, 0.2) is 0 Å². The van der Waals surface area contributed by atoms with Crippen LogP contribution in [0.1, 0.15) is 6.42 Å². The molecule has 0 N–H and O–H groups in total. The number of nitrogens with zero attached hydrogens (tertiary/aromatic N) is 1. The first-order valence-electron chi connectivity index (χ1n) is 2.58. The molecule has 0 heterocycles. The summed E-state index contributed by atoms with van der Waals surface area (Å²) < 4.78 is 24.0. The van der Waals surface area contributed by atoms with Gasteiger partial charge in [-0.15, -0.1) is 0 Å². The Balaban J connectivity index is 2.37. The van der Waals surface area contributed by atoms with Gasteiger partial charge in [-0.05, 0) is 14.1 Å². The van der Waals surface area contributed by atoms with Crippen molar-refractivity contribution in [3.8, 4) is 0 Å². The third-order valence-electron chi connectivity index (χ3n) is 1.42. The van der Waals surface area contributed by atoms with Crippen LogP contribution in [0.15, 0.2) is 0 Å². The maximum atomic E-state index is 12.0. The average molecular weight is 121 g/mol. The van der Waals surface area contributed by atoms with Crippen molar-refractivity contribution >= 4 is 0 Å². The van der Waals surface area contributed by atoms with Crippen molar-refractivity contribution in [1.82, 2.24) is 4.90 Å². The molecule has 1 aliphatic rings. The Morgan fingerprint density at radius 3 is 1.88 bits per heavy atom. The second-order valence-corrected chi connectivity index (χ2v) is 2.44. The van der Waals surface area contributed by atoms with Crippen molar-refractivity contribution in [2.24, 2.45) is 0 Å². The highest BCUT2D eigenvalue weighted by molar-refractivity contribution is 5.01. The van der Waals surface area contributed by atoms with Gasteiger partial charge in [0.05, 0.1) is 6.04 Å². The van der Waals surface area contributed by atoms with Crippen molar-refractivity contribution in [1.29, 1.82) is 0 Å². The Hall–Kier alpha value is -0.180. The summed E-state index contributed by atoms with van der Waals surface area (Å²) in [5, 5.41) is 0. The molecule has 1 rings (SSSR count). The molecular formula is C5H9F2N. The highest BCUT2D eigenvalue weighted by Gasteiger charge is 2.58. The minimum absolute atomic E-state index is 0.0417. The van der Waals surface area contributed by atoms with Gasteiger partial charge in [-0.1, -0.05) is 0 Å². The molecule has 0 aromatic carbocycles. The maximum absolute atomic E-state index is 12.0. The van der Waals surface area contributed by atoms with E-state index in [1.165, 1.54) is 0 Å². The summed E-state index contributed by atoms with van der Waals surface area (Å²) >= 11 is 0. The van der Waals surface area contributed by atoms with Crippen molar-refractivity contribution < 1.29 is 8.78 Å². The summed E-state index contributed by atoms with van der Waals surface area (Å²) in [5.74, 6) is -2.39. The molecule has 1 aliphatic carbocycles. The molecular weight excluding hydrogens is 112 g/mol. The molecule has 1 unspecified atom stereocenters. The molecule has 0 aromatic rings. The van der Waals surface area contributed by atoms with Crippen LogP contribution in [0.5, 0.6) is 0 Å². The zero-order valence-electron chi connectivity index (χ0n) is 4.99. The van der Waals surface area contributed by atoms with Gasteiger partial charge in [0.1, 0.15) is 0 Å². The largest absolute Gasteiger partial charge is 0.301 e. The molecule has 8 heavy (non-hydrogen) atoms. The highest BCUT2D eigenvalue weighted by atomic mass is 19.3. The summed E-state index contributed by atoms with van der Waals surface area (Å²) in [6, 6.07) is -0.484. The monoisotopic (exact) mass is 121 g/mol. The maximum Gasteiger partial charge on any atom is 0.265 e. The Labute approximate surface area is 47.3 Å². The summed E-state index contributed by atoms with van der Waals surface area (Å²) in [6.45, 7) is 0. The SMILES string of the molecule is CN(C)C1CC1(F)F. The summed E-state index contributed by atoms with van der Waals surface area (Å²) in [7, 11) is 3.34. The first kappa shape index (κ1) is 5.95. The molecule has 1 saturated carbocycles. The van der Waals surface area contributed by atoms with E-state index in [-0.39, 0.29) is 6.42 Å². The molecule has 0 aliphatic heterocycles. The molecule has 0 saturated heterocycles. The van der Waals surface area contributed by atoms with E-state index in [4.69, 9.17) is 0 Å². The minimum atomic E-state index is -2.39. The summed E-state index contributed by atoms with van der Waals surface area (Å²) in [6.07, 6.45) is 0.0417. The molecule has 0 spiro atoms. The van der Waals surface area contributed by atoms with E-state index < -0.39 is 12.0 Å². The van der Waals surface area contributed by atoms with Crippen molar-refractivity contribution in [2.45, 2.75) is 18.4 Å². The van der Waals surface area contributed by atoms with E-state index >= 15 is 0 Å². The van der Waals surface area contributed by atoms with Crippen LogP contribution in [0.25, 0.3) is 0 Å². The molecule has 0 aromatic heterocycles. The lowest BCUT2D eigenvalue weighted by molar-refractivity contribution is 0.0862. The molecule has 0 amide bonds. The number of halogens is 2. The van der Waals surface area contributed by atoms with E-state index in [1.807, 2.05) is 0 Å². The number of rotatable bonds is 1. The minimum Gasteiger partial charge on any atom is -0.301 e. The van der Waals surface area contributed by atoms with E-state index in [0.29, 0.717) is 0 Å². The van der Waals surface area contributed by atoms with Gasteiger partial charge in [-0.25, -0.2) is 8.78 Å². The first-order chi connectivity index (χ1) is 3.54. The van der Waals surface area contributed by atoms with Crippen LogP contribution in [-0.2, 0) is 0 Å². The lowest BCUT2D eigenvalue weighted by Gasteiger charge is -2.05. The standard InChI is InChI=1S/C5H9F2N/c1-8(2)4-3-5(4,6)7/h4H,3H2,1-2H3. The summed E-state index contributed by atoms with van der Waals surface area (Å²) in [4.78, 5) is 1.56. The Morgan fingerprint density at radius 1 is 1.50 bits per heavy atom. The third kappa shape index (κ3) is 0.823. The highest BCUT2D eigenvalue weighted by Crippen LogP contribution is 2.44. The smallest absolute Gasteiger partial charge is 0.265 e. The van der Waals surface area contributed by atoms with Crippen LogP contribution in [0, 0.1) is 0 Å². The van der Waals surface area contributed by atoms with Crippen LogP contribution < -0.4 is 0 Å². The van der Waals surface area contributed by atoms with Crippen LogP contribution in [0.2, 0.25) is 0 Å². The number of alkyl halides is 2. The average Bonchev–Trinajstić information content (AvgIpc) is 2.13. The van der Waals surface area contributed by atoms with Gasteiger partial charge in [-0.2, -0.15) is 0 Å². The third-order valence-corrected chi connectivity index (χ3v) is 1.42. The van der Waals surface area contributed by atoms with Gasteiger partial charge in [0.25, 0.3) is 5.92 Å². The van der Waals surface area contributed by atoms with E-state index in [2.05, 4.69) is 0 Å². The first-order valence-corrected chi connectivity index (χ1v) is 2.58. The fraction of sp³-hybridized carbons (Fsp3) is 1.00. The Morgan fingerprint density at radius 2 is 1.88 bits per heavy atom. The zero-order valence-corrected chi connectivity index (χ0v) is 4.99. The van der Waals surface area contributed by atoms with Crippen LogP contribution in [-0.4, -0.2) is 31.0 Å². The Bertz CT molecular complexity index is 101. The van der Waals surface area contributed by atoms with Crippen LogP contribution in [0.3, 0.4) is 0 Å². The lowest BCUT2D eigenvalue weighted by Crippen LogP contribution is -2.19. The zero-order chi connectivity index (χ0) is 6.36. The topological polar surface area (TPSA) is 3.24 Å². The van der Waals surface area contributed by atoms with Gasteiger partial charge in [-0.3, -0.25) is 0 Å². The van der Waals surface area contributed by atoms with Crippen molar-refractivity contribution in [3.05, 3.63) is 0 Å². The normalized spacial score (nSPS) is 33.4. The molecule has 48 valence electrons. The van der Waals surface area contributed by atoms with Gasteiger partial charge in [0.2, 0.25) is 0 Å². The predicted octanol–water partition coefficient (Wildman–Crippen LogP) is 0.956. The predicted molar refractivity (Wildman–Crippen MR) is 27.0 cm³/mol. The van der Waals surface area contributed by atoms with Gasteiger partial charge < -0.3 is 4.90 Å². The lowest BCUT2D eigenvalue weighted by atomic mass is 10.6. The van der Waals surface area contributed by atoms with Crippen molar-refractivity contribution in [2.75, 3.05) is 14.1 Å². The number of hydrogen-bond donors (Lipinski definition) is 0. The quantitative estimate of drug-likeness (QED) is 0.499. The molecule has 1 atom stereocenters. The second kappa shape index (κ2) is 1.41. The van der Waals surface area contributed by atoms with E-state index in [0.717, 1.165) is 0 Å². The van der Waals surface area contributed by atoms with Gasteiger partial charge >= 0.3 is 0 Å². The van der Waals surface area contributed by atoms with Crippen molar-refractivity contribution in [3.63, 3.8) is 0 Å². The van der Waals surface area contributed by atoms with Gasteiger partial charge in [0, 0.05) is 6.42 Å². The molecule has 3 heteroatoms. The fourth-order valence-corrected chi connectivity index (χ4v) is 0.759. The van der Waals surface area contributed by atoms with E-state index in [9.17, 15) is 8.78 Å². The molecule has 1 fully saturated rings. The molecule has 0 bridgehead atoms. The Kier molecular flexibility index (Phi) is 1.05. The second-order valence-electron chi connectivity index (χ2n) is 2.44. The van der Waals surface area contributed by atoms with Crippen LogP contribution >= 0.6 is 0 Å².